The molecular formula is C19H23N7O. The quantitative estimate of drug-likeness (QED) is 0.764. The molecule has 1 atom stereocenters. The number of aromatic amines is 1. The van der Waals surface area contributed by atoms with Crippen molar-refractivity contribution < 1.29 is 4.74 Å². The second-order valence-corrected chi connectivity index (χ2v) is 7.79. The molecule has 8 heteroatoms. The van der Waals surface area contributed by atoms with Crippen LogP contribution >= 0.6 is 0 Å². The van der Waals surface area contributed by atoms with Crippen molar-refractivity contribution in [3.05, 3.63) is 24.0 Å². The van der Waals surface area contributed by atoms with E-state index in [4.69, 9.17) is 9.72 Å². The van der Waals surface area contributed by atoms with Crippen LogP contribution in [0.3, 0.4) is 0 Å². The van der Waals surface area contributed by atoms with Crippen molar-refractivity contribution in [1.82, 2.24) is 25.0 Å². The van der Waals surface area contributed by atoms with Gasteiger partial charge in [0.1, 0.15) is 5.82 Å². The van der Waals surface area contributed by atoms with Crippen LogP contribution in [-0.4, -0.2) is 63.3 Å². The van der Waals surface area contributed by atoms with Crippen LogP contribution in [0.2, 0.25) is 0 Å². The number of hydrogen-bond acceptors (Lipinski definition) is 6. The number of ether oxygens (including phenoxy) is 1. The first-order valence-electron chi connectivity index (χ1n) is 9.82. The van der Waals surface area contributed by atoms with Crippen molar-refractivity contribution >= 4 is 22.5 Å². The Labute approximate surface area is 157 Å². The van der Waals surface area contributed by atoms with E-state index in [1.165, 1.54) is 24.1 Å². The number of H-pyrrole nitrogens is 1. The molecule has 27 heavy (non-hydrogen) atoms. The van der Waals surface area contributed by atoms with Gasteiger partial charge in [0.05, 0.1) is 42.7 Å². The van der Waals surface area contributed by atoms with Crippen molar-refractivity contribution in [2.75, 3.05) is 36.1 Å². The van der Waals surface area contributed by atoms with Crippen LogP contribution in [0.4, 0.5) is 11.5 Å². The van der Waals surface area contributed by atoms with Gasteiger partial charge < -0.3 is 14.5 Å². The van der Waals surface area contributed by atoms with Gasteiger partial charge in [-0.25, -0.2) is 4.98 Å². The van der Waals surface area contributed by atoms with Gasteiger partial charge in [-0.3, -0.25) is 5.10 Å². The summed E-state index contributed by atoms with van der Waals surface area (Å²) >= 11 is 0. The molecule has 140 valence electrons. The summed E-state index contributed by atoms with van der Waals surface area (Å²) in [6, 6.07) is 2.94. The van der Waals surface area contributed by atoms with Gasteiger partial charge in [-0.1, -0.05) is 0 Å². The van der Waals surface area contributed by atoms with Gasteiger partial charge in [0.15, 0.2) is 11.5 Å². The fourth-order valence-electron chi connectivity index (χ4n) is 4.53. The Kier molecular flexibility index (Phi) is 3.26. The highest BCUT2D eigenvalue weighted by molar-refractivity contribution is 5.96. The zero-order valence-electron chi connectivity index (χ0n) is 15.4. The van der Waals surface area contributed by atoms with Crippen molar-refractivity contribution in [3.8, 4) is 5.82 Å². The average molecular weight is 365 g/mol. The molecule has 2 fully saturated rings. The van der Waals surface area contributed by atoms with Crippen LogP contribution in [0.5, 0.6) is 0 Å². The lowest BCUT2D eigenvalue weighted by molar-refractivity contribution is 0.0985. The van der Waals surface area contributed by atoms with Gasteiger partial charge in [-0.05, 0) is 26.2 Å². The van der Waals surface area contributed by atoms with Crippen molar-refractivity contribution in [3.63, 3.8) is 0 Å². The van der Waals surface area contributed by atoms with Gasteiger partial charge in [0.2, 0.25) is 0 Å². The fraction of sp³-hybridized carbons (Fsp3) is 0.526. The topological polar surface area (TPSA) is 75.1 Å². The van der Waals surface area contributed by atoms with Gasteiger partial charge in [0, 0.05) is 30.8 Å². The summed E-state index contributed by atoms with van der Waals surface area (Å²) in [4.78, 5) is 10.2. The number of fused-ring (bicyclic) bond motifs is 3. The van der Waals surface area contributed by atoms with E-state index in [9.17, 15) is 0 Å². The van der Waals surface area contributed by atoms with Crippen LogP contribution < -0.4 is 9.80 Å². The first-order chi connectivity index (χ1) is 13.3. The maximum absolute atomic E-state index is 5.67. The van der Waals surface area contributed by atoms with E-state index in [0.717, 1.165) is 55.4 Å². The Morgan fingerprint density at radius 1 is 1.22 bits per heavy atom. The molecule has 6 rings (SSSR count). The summed E-state index contributed by atoms with van der Waals surface area (Å²) in [6.45, 7) is 5.69. The van der Waals surface area contributed by atoms with Crippen molar-refractivity contribution in [2.24, 2.45) is 0 Å². The SMILES string of the molecule is CC1COCCN1c1nc2c(cnn2-c2ccn[nH]2)c2c1CCN2C1CC1. The van der Waals surface area contributed by atoms with Gasteiger partial charge in [-0.15, -0.1) is 0 Å². The largest absolute Gasteiger partial charge is 0.377 e. The average Bonchev–Trinajstić information content (AvgIpc) is 3.10. The van der Waals surface area contributed by atoms with E-state index >= 15 is 0 Å². The molecule has 2 aliphatic heterocycles. The molecule has 1 saturated carbocycles. The molecule has 3 aromatic rings. The minimum Gasteiger partial charge on any atom is -0.377 e. The second-order valence-electron chi connectivity index (χ2n) is 7.79. The highest BCUT2D eigenvalue weighted by Crippen LogP contribution is 2.45. The minimum absolute atomic E-state index is 0.325. The van der Waals surface area contributed by atoms with E-state index in [0.29, 0.717) is 12.1 Å². The number of morpholine rings is 1. The van der Waals surface area contributed by atoms with E-state index < -0.39 is 0 Å². The summed E-state index contributed by atoms with van der Waals surface area (Å²) in [5.74, 6) is 1.95. The molecule has 0 amide bonds. The molecule has 1 aliphatic carbocycles. The lowest BCUT2D eigenvalue weighted by Crippen LogP contribution is -2.44. The standard InChI is InChI=1S/C19H23N7O/c1-12-11-27-9-8-24(12)18-14-5-7-25(13-2-3-13)17(14)15-10-21-26(19(15)22-18)16-4-6-20-23-16/h4,6,10,12-13H,2-3,5,7-9,11H2,1H3,(H,20,23). The van der Waals surface area contributed by atoms with E-state index in [-0.39, 0.29) is 0 Å². The minimum atomic E-state index is 0.325. The van der Waals surface area contributed by atoms with Crippen LogP contribution in [0.1, 0.15) is 25.3 Å². The Morgan fingerprint density at radius 2 is 2.15 bits per heavy atom. The smallest absolute Gasteiger partial charge is 0.169 e. The molecule has 0 aromatic carbocycles. The number of nitrogens with zero attached hydrogens (tertiary/aromatic N) is 6. The Hall–Kier alpha value is -2.61. The van der Waals surface area contributed by atoms with Gasteiger partial charge >= 0.3 is 0 Å². The number of nitrogens with one attached hydrogen (secondary N) is 1. The number of pyridine rings is 1. The number of rotatable bonds is 3. The molecule has 3 aromatic heterocycles. The molecule has 1 unspecified atom stereocenters. The monoisotopic (exact) mass is 365 g/mol. The summed E-state index contributed by atoms with van der Waals surface area (Å²) in [5.41, 5.74) is 3.63. The van der Waals surface area contributed by atoms with Gasteiger partial charge in [-0.2, -0.15) is 14.9 Å². The Bertz CT molecular complexity index is 991. The molecule has 0 spiro atoms. The maximum Gasteiger partial charge on any atom is 0.169 e. The van der Waals surface area contributed by atoms with E-state index in [1.807, 2.05) is 16.9 Å². The van der Waals surface area contributed by atoms with E-state index in [1.54, 1.807) is 6.20 Å². The third kappa shape index (κ3) is 2.29. The van der Waals surface area contributed by atoms with Gasteiger partial charge in [0.25, 0.3) is 0 Å². The zero-order chi connectivity index (χ0) is 18.0. The first-order valence-corrected chi connectivity index (χ1v) is 9.82. The number of aromatic nitrogens is 5. The number of anilines is 2. The lowest BCUT2D eigenvalue weighted by atomic mass is 10.1. The zero-order valence-corrected chi connectivity index (χ0v) is 15.4. The third-order valence-electron chi connectivity index (χ3n) is 6.00. The summed E-state index contributed by atoms with van der Waals surface area (Å²) < 4.78 is 7.54. The van der Waals surface area contributed by atoms with Crippen molar-refractivity contribution in [1.29, 1.82) is 0 Å². The summed E-state index contributed by atoms with van der Waals surface area (Å²) in [5, 5.41) is 12.9. The highest BCUT2D eigenvalue weighted by atomic mass is 16.5. The number of hydrogen-bond donors (Lipinski definition) is 1. The molecule has 1 N–H and O–H groups in total. The molecule has 8 nitrogen and oxygen atoms in total. The Morgan fingerprint density at radius 3 is 2.93 bits per heavy atom. The lowest BCUT2D eigenvalue weighted by Gasteiger charge is -2.35. The molecular weight excluding hydrogens is 342 g/mol. The normalized spacial score (nSPS) is 22.6. The van der Waals surface area contributed by atoms with Crippen LogP contribution in [0.15, 0.2) is 18.5 Å². The maximum atomic E-state index is 5.67. The molecule has 0 bridgehead atoms. The highest BCUT2D eigenvalue weighted by Gasteiger charge is 2.38. The summed E-state index contributed by atoms with van der Waals surface area (Å²) in [7, 11) is 0. The Balaban J connectivity index is 1.59. The molecule has 3 aliphatic rings. The molecule has 1 saturated heterocycles. The fourth-order valence-corrected chi connectivity index (χ4v) is 4.53. The predicted octanol–water partition coefficient (Wildman–Crippen LogP) is 1.89. The van der Waals surface area contributed by atoms with Crippen LogP contribution in [0, 0.1) is 0 Å². The first kappa shape index (κ1) is 15.4. The molecule has 5 heterocycles. The van der Waals surface area contributed by atoms with Crippen LogP contribution in [-0.2, 0) is 11.2 Å². The predicted molar refractivity (Wildman–Crippen MR) is 103 cm³/mol. The van der Waals surface area contributed by atoms with E-state index in [2.05, 4.69) is 32.0 Å². The second kappa shape index (κ2) is 5.69. The summed E-state index contributed by atoms with van der Waals surface area (Å²) in [6.07, 6.45) is 7.36. The molecule has 0 radical (unpaired) electrons. The van der Waals surface area contributed by atoms with Crippen LogP contribution in [0.25, 0.3) is 16.9 Å². The van der Waals surface area contributed by atoms with Crippen molar-refractivity contribution in [2.45, 2.75) is 38.3 Å². The third-order valence-corrected chi connectivity index (χ3v) is 6.00.